The monoisotopic (exact) mass is 233 g/mol. The fraction of sp³-hybridized carbons (Fsp3) is 1.00. The van der Waals surface area contributed by atoms with Crippen molar-refractivity contribution in [3.8, 4) is 0 Å². The fourth-order valence-electron chi connectivity index (χ4n) is 0.578. The van der Waals surface area contributed by atoms with Crippen molar-refractivity contribution in [1.29, 1.82) is 0 Å². The standard InChI is InChI=1S/C6H11BrF3N/c1-5(2,11)3-4(8)6(7,9)10/h4H,3,11H2,1-2H3. The highest BCUT2D eigenvalue weighted by Crippen LogP contribution is 2.32. The third kappa shape index (κ3) is 5.49. The first-order valence-corrected chi connectivity index (χ1v) is 3.92. The van der Waals surface area contributed by atoms with E-state index < -0.39 is 16.5 Å². The topological polar surface area (TPSA) is 26.0 Å². The molecule has 68 valence electrons. The highest BCUT2D eigenvalue weighted by atomic mass is 79.9. The Kier molecular flexibility index (Phi) is 3.38. The van der Waals surface area contributed by atoms with Crippen molar-refractivity contribution in [1.82, 2.24) is 0 Å². The van der Waals surface area contributed by atoms with E-state index in [1.165, 1.54) is 13.8 Å². The number of hydrogen-bond donors (Lipinski definition) is 1. The Morgan fingerprint density at radius 2 is 1.82 bits per heavy atom. The molecule has 0 bridgehead atoms. The molecule has 2 N–H and O–H groups in total. The van der Waals surface area contributed by atoms with Crippen LogP contribution in [0.3, 0.4) is 0 Å². The molecule has 0 saturated carbocycles. The second-order valence-corrected chi connectivity index (χ2v) is 4.26. The van der Waals surface area contributed by atoms with E-state index in [1.54, 1.807) is 0 Å². The Bertz CT molecular complexity index is 127. The lowest BCUT2D eigenvalue weighted by molar-refractivity contribution is 0.00930. The van der Waals surface area contributed by atoms with Crippen LogP contribution in [0.25, 0.3) is 0 Å². The Hall–Kier alpha value is 0.230. The van der Waals surface area contributed by atoms with Gasteiger partial charge in [-0.2, -0.15) is 8.78 Å². The van der Waals surface area contributed by atoms with Crippen LogP contribution in [-0.4, -0.2) is 16.5 Å². The molecule has 0 aliphatic rings. The zero-order chi connectivity index (χ0) is 9.28. The molecule has 0 amide bonds. The molecule has 5 heteroatoms. The molecule has 0 aromatic carbocycles. The summed E-state index contributed by atoms with van der Waals surface area (Å²) in [6.07, 6.45) is -2.60. The van der Waals surface area contributed by atoms with E-state index in [1.807, 2.05) is 15.9 Å². The van der Waals surface area contributed by atoms with E-state index >= 15 is 0 Å². The largest absolute Gasteiger partial charge is 0.331 e. The van der Waals surface area contributed by atoms with Gasteiger partial charge in [-0.1, -0.05) is 0 Å². The Labute approximate surface area is 72.3 Å². The van der Waals surface area contributed by atoms with E-state index in [0.29, 0.717) is 0 Å². The van der Waals surface area contributed by atoms with Gasteiger partial charge in [-0.05, 0) is 29.8 Å². The van der Waals surface area contributed by atoms with Crippen molar-refractivity contribution in [2.24, 2.45) is 5.73 Å². The average Bonchev–Trinajstić information content (AvgIpc) is 1.56. The number of halogens is 4. The minimum Gasteiger partial charge on any atom is -0.325 e. The summed E-state index contributed by atoms with van der Waals surface area (Å²) < 4.78 is 36.8. The number of rotatable bonds is 3. The van der Waals surface area contributed by atoms with Crippen LogP contribution in [-0.2, 0) is 0 Å². The third-order valence-corrected chi connectivity index (χ3v) is 1.56. The van der Waals surface area contributed by atoms with Gasteiger partial charge >= 0.3 is 4.83 Å². The molecule has 11 heavy (non-hydrogen) atoms. The van der Waals surface area contributed by atoms with Gasteiger partial charge in [0, 0.05) is 12.0 Å². The highest BCUT2D eigenvalue weighted by Gasteiger charge is 2.39. The van der Waals surface area contributed by atoms with Gasteiger partial charge in [0.2, 0.25) is 0 Å². The van der Waals surface area contributed by atoms with Crippen LogP contribution < -0.4 is 5.73 Å². The Morgan fingerprint density at radius 3 is 1.91 bits per heavy atom. The van der Waals surface area contributed by atoms with Crippen molar-refractivity contribution in [3.63, 3.8) is 0 Å². The van der Waals surface area contributed by atoms with Crippen LogP contribution >= 0.6 is 15.9 Å². The maximum absolute atomic E-state index is 12.5. The maximum atomic E-state index is 12.5. The first kappa shape index (κ1) is 11.2. The van der Waals surface area contributed by atoms with E-state index in [0.717, 1.165) is 0 Å². The molecule has 0 aromatic rings. The van der Waals surface area contributed by atoms with Gasteiger partial charge in [0.05, 0.1) is 0 Å². The summed E-state index contributed by atoms with van der Waals surface area (Å²) in [5.41, 5.74) is 4.43. The molecule has 0 aromatic heterocycles. The predicted octanol–water partition coefficient (Wildman–Crippen LogP) is 2.44. The molecule has 1 unspecified atom stereocenters. The van der Waals surface area contributed by atoms with Gasteiger partial charge in [0.15, 0.2) is 6.17 Å². The molecule has 0 rings (SSSR count). The number of hydrogen-bond acceptors (Lipinski definition) is 1. The van der Waals surface area contributed by atoms with Crippen LogP contribution in [0.5, 0.6) is 0 Å². The molecule has 1 atom stereocenters. The number of alkyl halides is 4. The lowest BCUT2D eigenvalue weighted by Crippen LogP contribution is -2.39. The van der Waals surface area contributed by atoms with Gasteiger partial charge in [-0.25, -0.2) is 4.39 Å². The van der Waals surface area contributed by atoms with Crippen molar-refractivity contribution in [2.45, 2.75) is 36.8 Å². The predicted molar refractivity (Wildman–Crippen MR) is 41.7 cm³/mol. The Morgan fingerprint density at radius 1 is 1.45 bits per heavy atom. The van der Waals surface area contributed by atoms with Crippen molar-refractivity contribution >= 4 is 15.9 Å². The summed E-state index contributed by atoms with van der Waals surface area (Å²) in [5, 5.41) is 0. The number of nitrogens with two attached hydrogens (primary N) is 1. The summed E-state index contributed by atoms with van der Waals surface area (Å²) in [4.78, 5) is -3.47. The summed E-state index contributed by atoms with van der Waals surface area (Å²) in [6.45, 7) is 3.00. The molecule has 0 saturated heterocycles. The second-order valence-electron chi connectivity index (χ2n) is 3.20. The third-order valence-electron chi connectivity index (χ3n) is 1.06. The van der Waals surface area contributed by atoms with Gasteiger partial charge in [0.25, 0.3) is 0 Å². The summed E-state index contributed by atoms with van der Waals surface area (Å²) in [5.74, 6) is 0. The summed E-state index contributed by atoms with van der Waals surface area (Å²) >= 11 is 1.93. The average molecular weight is 234 g/mol. The summed E-state index contributed by atoms with van der Waals surface area (Å²) in [6, 6.07) is 0. The summed E-state index contributed by atoms with van der Waals surface area (Å²) in [7, 11) is 0. The van der Waals surface area contributed by atoms with Gasteiger partial charge in [-0.15, -0.1) is 0 Å². The lowest BCUT2D eigenvalue weighted by atomic mass is 9.99. The minimum atomic E-state index is -3.47. The van der Waals surface area contributed by atoms with E-state index in [9.17, 15) is 13.2 Å². The normalized spacial score (nSPS) is 16.6. The fourth-order valence-corrected chi connectivity index (χ4v) is 0.739. The van der Waals surface area contributed by atoms with Gasteiger partial charge in [-0.3, -0.25) is 0 Å². The molecule has 1 nitrogen and oxygen atoms in total. The van der Waals surface area contributed by atoms with Crippen molar-refractivity contribution in [2.75, 3.05) is 0 Å². The molecule has 0 heterocycles. The molecule has 0 aliphatic heterocycles. The maximum Gasteiger partial charge on any atom is 0.331 e. The van der Waals surface area contributed by atoms with Gasteiger partial charge in [0.1, 0.15) is 0 Å². The molecular formula is C6H11BrF3N. The zero-order valence-corrected chi connectivity index (χ0v) is 7.96. The molecular weight excluding hydrogens is 223 g/mol. The molecule has 0 fully saturated rings. The first-order valence-electron chi connectivity index (χ1n) is 3.12. The second kappa shape index (κ2) is 3.31. The first-order chi connectivity index (χ1) is 4.63. The highest BCUT2D eigenvalue weighted by molar-refractivity contribution is 9.10. The van der Waals surface area contributed by atoms with Crippen LogP contribution in [0.4, 0.5) is 13.2 Å². The van der Waals surface area contributed by atoms with Crippen LogP contribution in [0.15, 0.2) is 0 Å². The molecule has 0 radical (unpaired) electrons. The van der Waals surface area contributed by atoms with Crippen LogP contribution in [0.2, 0.25) is 0 Å². The van der Waals surface area contributed by atoms with E-state index in [4.69, 9.17) is 5.73 Å². The van der Waals surface area contributed by atoms with E-state index in [-0.39, 0.29) is 6.42 Å². The zero-order valence-electron chi connectivity index (χ0n) is 6.37. The smallest absolute Gasteiger partial charge is 0.325 e. The quantitative estimate of drug-likeness (QED) is 0.745. The van der Waals surface area contributed by atoms with E-state index in [2.05, 4.69) is 0 Å². The van der Waals surface area contributed by atoms with Crippen LogP contribution in [0.1, 0.15) is 20.3 Å². The SMILES string of the molecule is CC(C)(N)CC(F)C(F)(F)Br. The Balaban J connectivity index is 3.99. The van der Waals surface area contributed by atoms with Crippen molar-refractivity contribution in [3.05, 3.63) is 0 Å². The van der Waals surface area contributed by atoms with Gasteiger partial charge < -0.3 is 5.73 Å². The lowest BCUT2D eigenvalue weighted by Gasteiger charge is -2.23. The molecule has 0 aliphatic carbocycles. The van der Waals surface area contributed by atoms with Crippen molar-refractivity contribution < 1.29 is 13.2 Å². The minimum absolute atomic E-state index is 0.370. The van der Waals surface area contributed by atoms with Crippen LogP contribution in [0, 0.1) is 0 Å². The molecule has 0 spiro atoms.